The molecule has 1 atom stereocenters. The fraction of sp³-hybridized carbons (Fsp3) is 0.364. The van der Waals surface area contributed by atoms with Gasteiger partial charge in [0.25, 0.3) is 0 Å². The molecule has 0 saturated carbocycles. The van der Waals surface area contributed by atoms with Crippen molar-refractivity contribution < 1.29 is 22.7 Å². The Morgan fingerprint density at radius 1 is 1.10 bits per heavy atom. The predicted molar refractivity (Wildman–Crippen MR) is 119 cm³/mol. The lowest BCUT2D eigenvalue weighted by atomic mass is 10.0. The van der Waals surface area contributed by atoms with Gasteiger partial charge in [0.1, 0.15) is 11.8 Å². The minimum absolute atomic E-state index is 0.0690. The molecule has 2 N–H and O–H groups in total. The highest BCUT2D eigenvalue weighted by Crippen LogP contribution is 2.30. The number of ether oxygens (including phenoxy) is 1. The molecule has 0 spiro atoms. The van der Waals surface area contributed by atoms with Crippen molar-refractivity contribution in [3.05, 3.63) is 48.0 Å². The zero-order chi connectivity index (χ0) is 22.8. The summed E-state index contributed by atoms with van der Waals surface area (Å²) < 4.78 is 33.7. The summed E-state index contributed by atoms with van der Waals surface area (Å²) in [5, 5.41) is 2.74. The molecule has 2 amide bonds. The Bertz CT molecular complexity index is 1080. The Balaban J connectivity index is 1.78. The van der Waals surface area contributed by atoms with E-state index >= 15 is 0 Å². The summed E-state index contributed by atoms with van der Waals surface area (Å²) in [7, 11) is -2.40. The molecule has 1 aliphatic rings. The fourth-order valence-corrected chi connectivity index (χ4v) is 4.89. The van der Waals surface area contributed by atoms with Crippen molar-refractivity contribution in [1.29, 1.82) is 0 Å². The van der Waals surface area contributed by atoms with E-state index in [4.69, 9.17) is 4.74 Å². The summed E-state index contributed by atoms with van der Waals surface area (Å²) in [5.41, 5.74) is 2.06. The average Bonchev–Trinajstić information content (AvgIpc) is 3.16. The minimum Gasteiger partial charge on any atom is -0.497 e. The van der Waals surface area contributed by atoms with Crippen molar-refractivity contribution in [2.45, 2.75) is 38.1 Å². The van der Waals surface area contributed by atoms with Gasteiger partial charge in [-0.2, -0.15) is 4.72 Å². The van der Waals surface area contributed by atoms with Crippen molar-refractivity contribution in [2.75, 3.05) is 23.9 Å². The fourth-order valence-electron chi connectivity index (χ4n) is 3.49. The van der Waals surface area contributed by atoms with Crippen molar-refractivity contribution >= 4 is 33.2 Å². The Labute approximate surface area is 182 Å². The molecule has 0 aliphatic carbocycles. The van der Waals surface area contributed by atoms with E-state index < -0.39 is 22.0 Å². The molecule has 1 aliphatic heterocycles. The van der Waals surface area contributed by atoms with E-state index in [1.807, 2.05) is 0 Å². The Morgan fingerprint density at radius 3 is 2.35 bits per heavy atom. The van der Waals surface area contributed by atoms with Crippen LogP contribution in [-0.2, 0) is 26.0 Å². The van der Waals surface area contributed by atoms with Crippen LogP contribution in [0.3, 0.4) is 0 Å². The van der Waals surface area contributed by atoms with Crippen molar-refractivity contribution in [1.82, 2.24) is 4.72 Å². The van der Waals surface area contributed by atoms with Gasteiger partial charge in [-0.3, -0.25) is 9.59 Å². The number of carbonyl (C=O) groups excluding carboxylic acids is 2. The summed E-state index contributed by atoms with van der Waals surface area (Å²) in [6.45, 7) is 5.55. The van der Waals surface area contributed by atoms with Crippen LogP contribution in [0.15, 0.2) is 47.4 Å². The summed E-state index contributed by atoms with van der Waals surface area (Å²) in [6, 6.07) is 10.5. The SMILES string of the molecule is COc1ccc(NC(=O)C(NS(=O)(=O)c2ccc3c(c2)CCN3C(C)=O)C(C)C)cc1. The van der Waals surface area contributed by atoms with E-state index in [0.29, 0.717) is 24.4 Å². The van der Waals surface area contributed by atoms with Gasteiger partial charge in [-0.25, -0.2) is 8.42 Å². The van der Waals surface area contributed by atoms with Gasteiger partial charge >= 0.3 is 0 Å². The summed E-state index contributed by atoms with van der Waals surface area (Å²) in [6.07, 6.45) is 0.587. The van der Waals surface area contributed by atoms with Gasteiger partial charge in [-0.1, -0.05) is 13.8 Å². The normalized spacial score (nSPS) is 14.3. The van der Waals surface area contributed by atoms with Gasteiger partial charge in [-0.15, -0.1) is 0 Å². The number of hydrogen-bond donors (Lipinski definition) is 2. The van der Waals surface area contributed by atoms with Gasteiger partial charge in [0.15, 0.2) is 0 Å². The molecular formula is C22H27N3O5S. The largest absolute Gasteiger partial charge is 0.497 e. The lowest BCUT2D eigenvalue weighted by Gasteiger charge is -2.22. The molecular weight excluding hydrogens is 418 g/mol. The van der Waals surface area contributed by atoms with Gasteiger partial charge in [0, 0.05) is 24.8 Å². The third kappa shape index (κ3) is 5.05. The molecule has 0 aromatic heterocycles. The van der Waals surface area contributed by atoms with Gasteiger partial charge in [0.05, 0.1) is 12.0 Å². The number of carbonyl (C=O) groups is 2. The zero-order valence-corrected chi connectivity index (χ0v) is 18.8. The zero-order valence-electron chi connectivity index (χ0n) is 18.0. The first-order chi connectivity index (χ1) is 14.6. The van der Waals surface area contributed by atoms with E-state index in [1.165, 1.54) is 13.0 Å². The molecule has 9 heteroatoms. The highest BCUT2D eigenvalue weighted by atomic mass is 32.2. The van der Waals surface area contributed by atoms with Crippen LogP contribution in [-0.4, -0.2) is 39.9 Å². The molecule has 31 heavy (non-hydrogen) atoms. The highest BCUT2D eigenvalue weighted by Gasteiger charge is 2.30. The molecule has 1 heterocycles. The van der Waals surface area contributed by atoms with Crippen LogP contribution in [0.2, 0.25) is 0 Å². The van der Waals surface area contributed by atoms with Crippen molar-refractivity contribution in [2.24, 2.45) is 5.92 Å². The smallest absolute Gasteiger partial charge is 0.242 e. The van der Waals surface area contributed by atoms with Crippen LogP contribution in [0.4, 0.5) is 11.4 Å². The van der Waals surface area contributed by atoms with Gasteiger partial charge in [0.2, 0.25) is 21.8 Å². The number of amides is 2. The summed E-state index contributed by atoms with van der Waals surface area (Å²) >= 11 is 0. The summed E-state index contributed by atoms with van der Waals surface area (Å²) in [4.78, 5) is 26.2. The Morgan fingerprint density at radius 2 is 1.77 bits per heavy atom. The average molecular weight is 446 g/mol. The molecule has 0 bridgehead atoms. The second-order valence-electron chi connectivity index (χ2n) is 7.77. The Hall–Kier alpha value is -2.91. The third-order valence-corrected chi connectivity index (χ3v) is 6.66. The number of benzene rings is 2. The van der Waals surface area contributed by atoms with Crippen LogP contribution in [0, 0.1) is 5.92 Å². The first kappa shape index (κ1) is 22.8. The van der Waals surface area contributed by atoms with Gasteiger partial charge < -0.3 is 15.0 Å². The van der Waals surface area contributed by atoms with Gasteiger partial charge in [-0.05, 0) is 60.4 Å². The first-order valence-corrected chi connectivity index (χ1v) is 11.5. The maximum absolute atomic E-state index is 13.0. The predicted octanol–water partition coefficient (Wildman–Crippen LogP) is 2.55. The Kier molecular flexibility index (Phi) is 6.66. The highest BCUT2D eigenvalue weighted by molar-refractivity contribution is 7.89. The summed E-state index contributed by atoms with van der Waals surface area (Å²) in [5.74, 6) is -0.162. The number of sulfonamides is 1. The molecule has 0 radical (unpaired) electrons. The van der Waals surface area contributed by atoms with Crippen LogP contribution >= 0.6 is 0 Å². The van der Waals surface area contributed by atoms with E-state index in [9.17, 15) is 18.0 Å². The molecule has 1 unspecified atom stereocenters. The van der Waals surface area contributed by atoms with Crippen LogP contribution in [0.5, 0.6) is 5.75 Å². The first-order valence-electron chi connectivity index (χ1n) is 10.0. The van der Waals surface area contributed by atoms with E-state index in [2.05, 4.69) is 10.0 Å². The minimum atomic E-state index is -3.95. The molecule has 2 aromatic carbocycles. The van der Waals surface area contributed by atoms with Crippen LogP contribution in [0.25, 0.3) is 0 Å². The number of rotatable bonds is 7. The molecule has 2 aromatic rings. The number of nitrogens with zero attached hydrogens (tertiary/aromatic N) is 1. The van der Waals surface area contributed by atoms with Crippen molar-refractivity contribution in [3.8, 4) is 5.75 Å². The van der Waals surface area contributed by atoms with E-state index in [-0.39, 0.29) is 16.7 Å². The number of nitrogens with one attached hydrogen (secondary N) is 2. The third-order valence-electron chi connectivity index (χ3n) is 5.23. The number of anilines is 2. The molecule has 166 valence electrons. The maximum atomic E-state index is 13.0. The molecule has 0 fully saturated rings. The quantitative estimate of drug-likeness (QED) is 0.682. The van der Waals surface area contributed by atoms with Crippen LogP contribution < -0.4 is 19.7 Å². The van der Waals surface area contributed by atoms with E-state index in [0.717, 1.165) is 11.3 Å². The topological polar surface area (TPSA) is 105 Å². The standard InChI is InChI=1S/C22H27N3O5S/c1-14(2)21(22(27)23-17-5-7-18(30-4)8-6-17)24-31(28,29)19-9-10-20-16(13-19)11-12-25(20)15(3)26/h5-10,13-14,21,24H,11-12H2,1-4H3,(H,23,27). The number of methoxy groups -OCH3 is 1. The molecule has 0 saturated heterocycles. The van der Waals surface area contributed by atoms with E-state index in [1.54, 1.807) is 62.3 Å². The lowest BCUT2D eigenvalue weighted by Crippen LogP contribution is -2.47. The van der Waals surface area contributed by atoms with Crippen molar-refractivity contribution in [3.63, 3.8) is 0 Å². The maximum Gasteiger partial charge on any atom is 0.242 e. The lowest BCUT2D eigenvalue weighted by molar-refractivity contribution is -0.118. The molecule has 3 rings (SSSR count). The second kappa shape index (κ2) is 9.07. The molecule has 8 nitrogen and oxygen atoms in total. The van der Waals surface area contributed by atoms with Crippen LogP contribution in [0.1, 0.15) is 26.3 Å². The number of fused-ring (bicyclic) bond motifs is 1. The second-order valence-corrected chi connectivity index (χ2v) is 9.49. The monoisotopic (exact) mass is 445 g/mol. The number of hydrogen-bond acceptors (Lipinski definition) is 5.